The average Bonchev–Trinajstić information content (AvgIpc) is 2.44. The summed E-state index contributed by atoms with van der Waals surface area (Å²) in [4.78, 5) is 22.6. The Morgan fingerprint density at radius 3 is 2.71 bits per heavy atom. The number of amides is 1. The third-order valence-corrected chi connectivity index (χ3v) is 3.68. The summed E-state index contributed by atoms with van der Waals surface area (Å²) < 4.78 is 6.03. The molecule has 21 heavy (non-hydrogen) atoms. The molecule has 0 radical (unpaired) electrons. The predicted octanol–water partition coefficient (Wildman–Crippen LogP) is 3.08. The van der Waals surface area contributed by atoms with Crippen LogP contribution in [0.5, 0.6) is 5.75 Å². The van der Waals surface area contributed by atoms with Crippen molar-refractivity contribution in [1.82, 2.24) is 5.32 Å². The van der Waals surface area contributed by atoms with Gasteiger partial charge in [-0.05, 0) is 37.0 Å². The molecule has 5 nitrogen and oxygen atoms in total. The van der Waals surface area contributed by atoms with Crippen LogP contribution < -0.4 is 10.1 Å². The van der Waals surface area contributed by atoms with E-state index in [9.17, 15) is 9.59 Å². The molecule has 1 atom stereocenters. The van der Waals surface area contributed by atoms with E-state index in [1.54, 1.807) is 18.2 Å². The molecule has 0 bridgehead atoms. The molecule has 1 aromatic carbocycles. The van der Waals surface area contributed by atoms with Gasteiger partial charge >= 0.3 is 5.97 Å². The van der Waals surface area contributed by atoms with Gasteiger partial charge in [-0.3, -0.25) is 9.59 Å². The number of halogens is 1. The molecule has 0 aromatic heterocycles. The number of carboxylic acid groups (broad SMARTS) is 1. The number of hydrogen-bond acceptors (Lipinski definition) is 3. The number of rotatable bonds is 8. The summed E-state index contributed by atoms with van der Waals surface area (Å²) in [6.07, 6.45) is 1.53. The third kappa shape index (κ3) is 6.16. The molecule has 1 rings (SSSR count). The number of methoxy groups -OCH3 is 1. The Balaban J connectivity index is 2.45. The first kappa shape index (κ1) is 17.5. The topological polar surface area (TPSA) is 75.6 Å². The molecular weight excluding hydrogens is 338 g/mol. The Morgan fingerprint density at radius 2 is 2.10 bits per heavy atom. The lowest BCUT2D eigenvalue weighted by Gasteiger charge is -2.12. The number of carboxylic acids is 1. The highest BCUT2D eigenvalue weighted by molar-refractivity contribution is 9.10. The Kier molecular flexibility index (Phi) is 7.22. The molecule has 0 spiro atoms. The van der Waals surface area contributed by atoms with E-state index in [1.165, 1.54) is 7.11 Å². The van der Waals surface area contributed by atoms with E-state index in [2.05, 4.69) is 21.2 Å². The van der Waals surface area contributed by atoms with Crippen LogP contribution in [0, 0.1) is 5.92 Å². The first-order valence-electron chi connectivity index (χ1n) is 6.77. The SMILES string of the molecule is COc1cc(Br)ccc1C(=O)NCCC(C)CCC(=O)O. The van der Waals surface area contributed by atoms with Crippen LogP contribution in [0.25, 0.3) is 0 Å². The zero-order valence-corrected chi connectivity index (χ0v) is 13.8. The Labute approximate surface area is 132 Å². The van der Waals surface area contributed by atoms with Crippen LogP contribution in [0.3, 0.4) is 0 Å². The monoisotopic (exact) mass is 357 g/mol. The molecule has 1 aromatic rings. The minimum atomic E-state index is -0.787. The van der Waals surface area contributed by atoms with E-state index >= 15 is 0 Å². The van der Waals surface area contributed by atoms with E-state index in [1.807, 2.05) is 6.92 Å². The molecule has 0 aliphatic heterocycles. The van der Waals surface area contributed by atoms with Crippen molar-refractivity contribution >= 4 is 27.8 Å². The highest BCUT2D eigenvalue weighted by atomic mass is 79.9. The second-order valence-corrected chi connectivity index (χ2v) is 5.84. The lowest BCUT2D eigenvalue weighted by atomic mass is 10.0. The van der Waals surface area contributed by atoms with E-state index < -0.39 is 5.97 Å². The fourth-order valence-corrected chi connectivity index (χ4v) is 2.23. The maximum Gasteiger partial charge on any atom is 0.303 e. The smallest absolute Gasteiger partial charge is 0.303 e. The molecule has 2 N–H and O–H groups in total. The van der Waals surface area contributed by atoms with Crippen molar-refractivity contribution in [3.63, 3.8) is 0 Å². The molecule has 0 aliphatic carbocycles. The lowest BCUT2D eigenvalue weighted by Crippen LogP contribution is -2.26. The standard InChI is InChI=1S/C15H20BrNO4/c1-10(3-6-14(18)19)7-8-17-15(20)12-5-4-11(16)9-13(12)21-2/h4-5,9-10H,3,6-8H2,1-2H3,(H,17,20)(H,18,19). The van der Waals surface area contributed by atoms with Crippen LogP contribution in [0.1, 0.15) is 36.5 Å². The number of hydrogen-bond donors (Lipinski definition) is 2. The summed E-state index contributed by atoms with van der Waals surface area (Å²) in [5.41, 5.74) is 0.485. The van der Waals surface area contributed by atoms with Gasteiger partial charge in [-0.25, -0.2) is 0 Å². The van der Waals surface area contributed by atoms with Gasteiger partial charge in [-0.2, -0.15) is 0 Å². The normalized spacial score (nSPS) is 11.8. The van der Waals surface area contributed by atoms with Gasteiger partial charge in [-0.1, -0.05) is 22.9 Å². The first-order chi connectivity index (χ1) is 9.93. The molecule has 0 aliphatic rings. The summed E-state index contributed by atoms with van der Waals surface area (Å²) >= 11 is 3.33. The zero-order valence-electron chi connectivity index (χ0n) is 12.2. The number of carbonyl (C=O) groups excluding carboxylic acids is 1. The van der Waals surface area contributed by atoms with Crippen LogP contribution in [0.15, 0.2) is 22.7 Å². The highest BCUT2D eigenvalue weighted by Gasteiger charge is 2.13. The summed E-state index contributed by atoms with van der Waals surface area (Å²) in [5.74, 6) is -0.204. The van der Waals surface area contributed by atoms with Crippen molar-refractivity contribution in [2.24, 2.45) is 5.92 Å². The van der Waals surface area contributed by atoms with E-state index in [4.69, 9.17) is 9.84 Å². The maximum atomic E-state index is 12.1. The summed E-state index contributed by atoms with van der Waals surface area (Å²) in [5, 5.41) is 11.4. The van der Waals surface area contributed by atoms with Crippen LogP contribution in [0.2, 0.25) is 0 Å². The van der Waals surface area contributed by atoms with Crippen molar-refractivity contribution in [3.05, 3.63) is 28.2 Å². The molecule has 0 saturated heterocycles. The van der Waals surface area contributed by atoms with Crippen LogP contribution in [-0.4, -0.2) is 30.6 Å². The van der Waals surface area contributed by atoms with E-state index in [0.29, 0.717) is 24.3 Å². The Hall–Kier alpha value is -1.56. The van der Waals surface area contributed by atoms with Gasteiger partial charge in [0, 0.05) is 17.4 Å². The quantitative estimate of drug-likeness (QED) is 0.749. The molecule has 1 amide bonds. The second kappa shape index (κ2) is 8.67. The van der Waals surface area contributed by atoms with Crippen LogP contribution in [0.4, 0.5) is 0 Å². The van der Waals surface area contributed by atoms with Gasteiger partial charge in [0.05, 0.1) is 12.7 Å². The van der Waals surface area contributed by atoms with Crippen molar-refractivity contribution in [3.8, 4) is 5.75 Å². The fraction of sp³-hybridized carbons (Fsp3) is 0.467. The van der Waals surface area contributed by atoms with Gasteiger partial charge in [0.25, 0.3) is 5.91 Å². The first-order valence-corrected chi connectivity index (χ1v) is 7.57. The maximum absolute atomic E-state index is 12.1. The van der Waals surface area contributed by atoms with Crippen molar-refractivity contribution in [2.75, 3.05) is 13.7 Å². The van der Waals surface area contributed by atoms with Gasteiger partial charge in [-0.15, -0.1) is 0 Å². The third-order valence-electron chi connectivity index (χ3n) is 3.18. The molecular formula is C15H20BrNO4. The number of carbonyl (C=O) groups is 2. The number of nitrogens with one attached hydrogen (secondary N) is 1. The van der Waals surface area contributed by atoms with Gasteiger partial charge < -0.3 is 15.2 Å². The molecule has 0 saturated carbocycles. The summed E-state index contributed by atoms with van der Waals surface area (Å²) in [6, 6.07) is 5.23. The lowest BCUT2D eigenvalue weighted by molar-refractivity contribution is -0.137. The summed E-state index contributed by atoms with van der Waals surface area (Å²) in [7, 11) is 1.52. The molecule has 116 valence electrons. The minimum absolute atomic E-state index is 0.162. The van der Waals surface area contributed by atoms with Gasteiger partial charge in [0.15, 0.2) is 0 Å². The van der Waals surface area contributed by atoms with Gasteiger partial charge in [0.1, 0.15) is 5.75 Å². The van der Waals surface area contributed by atoms with Gasteiger partial charge in [0.2, 0.25) is 0 Å². The molecule has 0 fully saturated rings. The van der Waals surface area contributed by atoms with Crippen molar-refractivity contribution in [2.45, 2.75) is 26.2 Å². The highest BCUT2D eigenvalue weighted by Crippen LogP contribution is 2.23. The Morgan fingerprint density at radius 1 is 1.38 bits per heavy atom. The van der Waals surface area contributed by atoms with E-state index in [0.717, 1.165) is 10.9 Å². The Bertz CT molecular complexity index is 504. The van der Waals surface area contributed by atoms with E-state index in [-0.39, 0.29) is 18.2 Å². The number of aliphatic carboxylic acids is 1. The largest absolute Gasteiger partial charge is 0.496 e. The average molecular weight is 358 g/mol. The molecule has 0 heterocycles. The molecule has 1 unspecified atom stereocenters. The van der Waals surface area contributed by atoms with Crippen molar-refractivity contribution in [1.29, 1.82) is 0 Å². The second-order valence-electron chi connectivity index (χ2n) is 4.93. The fourth-order valence-electron chi connectivity index (χ4n) is 1.89. The zero-order chi connectivity index (χ0) is 15.8. The summed E-state index contributed by atoms with van der Waals surface area (Å²) in [6.45, 7) is 2.49. The minimum Gasteiger partial charge on any atom is -0.496 e. The predicted molar refractivity (Wildman–Crippen MR) is 83.7 cm³/mol. The number of ether oxygens (including phenoxy) is 1. The van der Waals surface area contributed by atoms with Crippen LogP contribution >= 0.6 is 15.9 Å². The molecule has 6 heteroatoms. The van der Waals surface area contributed by atoms with Crippen molar-refractivity contribution < 1.29 is 19.4 Å². The number of benzene rings is 1. The van der Waals surface area contributed by atoms with Crippen LogP contribution in [-0.2, 0) is 4.79 Å².